The Labute approximate surface area is 180 Å². The van der Waals surface area contributed by atoms with Crippen molar-refractivity contribution in [2.45, 2.75) is 51.2 Å². The van der Waals surface area contributed by atoms with Crippen LogP contribution in [0.25, 0.3) is 17.2 Å². The van der Waals surface area contributed by atoms with Gasteiger partial charge in [0, 0.05) is 31.1 Å². The normalized spacial score (nSPS) is 22.9. The maximum Gasteiger partial charge on any atom is 0.325 e. The molecule has 1 saturated carbocycles. The van der Waals surface area contributed by atoms with E-state index in [0.29, 0.717) is 43.0 Å². The van der Waals surface area contributed by atoms with Crippen molar-refractivity contribution < 1.29 is 9.32 Å². The van der Waals surface area contributed by atoms with Crippen molar-refractivity contribution in [3.63, 3.8) is 0 Å². The molecule has 3 aromatic rings. The summed E-state index contributed by atoms with van der Waals surface area (Å²) in [6.45, 7) is 6.00. The van der Waals surface area contributed by atoms with Gasteiger partial charge in [0.25, 0.3) is 0 Å². The number of hydrogen-bond donors (Lipinski definition) is 1. The van der Waals surface area contributed by atoms with E-state index in [1.807, 2.05) is 38.6 Å². The topological polar surface area (TPSA) is 92.3 Å². The average Bonchev–Trinajstić information content (AvgIpc) is 3.34. The van der Waals surface area contributed by atoms with Crippen molar-refractivity contribution in [3.8, 4) is 17.2 Å². The molecule has 2 aliphatic heterocycles. The summed E-state index contributed by atoms with van der Waals surface area (Å²) in [5, 5.41) is 7.67. The first kappa shape index (κ1) is 18.6. The smallest absolute Gasteiger partial charge is 0.325 e. The Kier molecular flexibility index (Phi) is 4.14. The van der Waals surface area contributed by atoms with Crippen LogP contribution < -0.4 is 10.2 Å². The number of fused-ring (bicyclic) bond motifs is 3. The molecule has 160 valence electrons. The number of amides is 2. The highest BCUT2D eigenvalue weighted by atomic mass is 16.5. The second-order valence-electron chi connectivity index (χ2n) is 8.87. The first-order valence-electron chi connectivity index (χ1n) is 10.9. The van der Waals surface area contributed by atoms with Crippen LogP contribution in [-0.4, -0.2) is 55.8 Å². The van der Waals surface area contributed by atoms with E-state index in [1.54, 1.807) is 6.33 Å². The molecule has 9 heteroatoms. The number of urea groups is 1. The second-order valence-corrected chi connectivity index (χ2v) is 8.87. The minimum Gasteiger partial charge on any atom is -0.339 e. The highest BCUT2D eigenvalue weighted by Crippen LogP contribution is 2.40. The number of anilines is 1. The van der Waals surface area contributed by atoms with Crippen molar-refractivity contribution in [2.75, 3.05) is 18.0 Å². The minimum atomic E-state index is 0.0119. The Balaban J connectivity index is 1.38. The molecule has 9 nitrogen and oxygen atoms in total. The average molecular weight is 419 g/mol. The molecule has 2 amide bonds. The van der Waals surface area contributed by atoms with Crippen molar-refractivity contribution in [2.24, 2.45) is 0 Å². The number of aromatic nitrogens is 4. The summed E-state index contributed by atoms with van der Waals surface area (Å²) in [7, 11) is 0. The lowest BCUT2D eigenvalue weighted by Gasteiger charge is -2.40. The number of hydrogen-bond acceptors (Lipinski definition) is 6. The monoisotopic (exact) mass is 419 g/mol. The van der Waals surface area contributed by atoms with Gasteiger partial charge >= 0.3 is 6.03 Å². The van der Waals surface area contributed by atoms with Crippen molar-refractivity contribution in [1.82, 2.24) is 29.9 Å². The summed E-state index contributed by atoms with van der Waals surface area (Å²) >= 11 is 0. The first-order chi connectivity index (χ1) is 15.1. The molecule has 1 aromatic carbocycles. The third-order valence-corrected chi connectivity index (χ3v) is 6.25. The minimum absolute atomic E-state index is 0.0119. The molecule has 31 heavy (non-hydrogen) atoms. The molecule has 4 heterocycles. The van der Waals surface area contributed by atoms with E-state index in [0.717, 1.165) is 29.9 Å². The van der Waals surface area contributed by atoms with Gasteiger partial charge in [-0.15, -0.1) is 0 Å². The van der Waals surface area contributed by atoms with Gasteiger partial charge in [-0.3, -0.25) is 9.47 Å². The highest BCUT2D eigenvalue weighted by molar-refractivity contribution is 5.95. The standard InChI is InChI=1S/C22H25N7O2/c1-13-9-27(10-14(2)24-13)22(30)28-11-18-19(20-25-21(31-26-20)15-7-8-15)23-12-29(18)17-6-4-3-5-16(17)28/h3-6,12-15,24H,7-11H2,1-2H3. The number of carbonyl (C=O) groups is 1. The summed E-state index contributed by atoms with van der Waals surface area (Å²) in [6, 6.07) is 8.47. The zero-order valence-electron chi connectivity index (χ0n) is 17.7. The molecule has 0 radical (unpaired) electrons. The third kappa shape index (κ3) is 3.11. The Hall–Kier alpha value is -3.20. The van der Waals surface area contributed by atoms with E-state index in [-0.39, 0.29) is 18.1 Å². The summed E-state index contributed by atoms with van der Waals surface area (Å²) in [5.74, 6) is 1.56. The predicted octanol–water partition coefficient (Wildman–Crippen LogP) is 2.92. The molecular weight excluding hydrogens is 394 g/mol. The lowest BCUT2D eigenvalue weighted by Crippen LogP contribution is -2.58. The van der Waals surface area contributed by atoms with Crippen LogP contribution in [0.1, 0.15) is 44.2 Å². The Morgan fingerprint density at radius 1 is 1.13 bits per heavy atom. The van der Waals surface area contributed by atoms with Crippen LogP contribution in [0.3, 0.4) is 0 Å². The number of piperazine rings is 1. The Morgan fingerprint density at radius 3 is 2.61 bits per heavy atom. The maximum absolute atomic E-state index is 13.6. The number of nitrogens with one attached hydrogen (secondary N) is 1. The number of carbonyl (C=O) groups excluding carboxylic acids is 1. The number of nitrogens with zero attached hydrogens (tertiary/aromatic N) is 6. The fraction of sp³-hybridized carbons (Fsp3) is 0.455. The zero-order valence-corrected chi connectivity index (χ0v) is 17.7. The van der Waals surface area contributed by atoms with Gasteiger partial charge in [-0.1, -0.05) is 17.3 Å². The van der Waals surface area contributed by atoms with Gasteiger partial charge in [0.1, 0.15) is 12.0 Å². The summed E-state index contributed by atoms with van der Waals surface area (Å²) in [4.78, 5) is 26.6. The van der Waals surface area contributed by atoms with E-state index < -0.39 is 0 Å². The second kappa shape index (κ2) is 6.91. The number of benzene rings is 1. The first-order valence-corrected chi connectivity index (χ1v) is 10.9. The van der Waals surface area contributed by atoms with Gasteiger partial charge in [-0.2, -0.15) is 4.98 Å². The molecule has 2 fully saturated rings. The Bertz CT molecular complexity index is 1140. The van der Waals surface area contributed by atoms with Crippen LogP contribution in [-0.2, 0) is 6.54 Å². The van der Waals surface area contributed by atoms with Gasteiger partial charge in [0.2, 0.25) is 11.7 Å². The lowest BCUT2D eigenvalue weighted by molar-refractivity contribution is 0.170. The predicted molar refractivity (Wildman–Crippen MR) is 114 cm³/mol. The van der Waals surface area contributed by atoms with Gasteiger partial charge in [-0.05, 0) is 38.8 Å². The van der Waals surface area contributed by atoms with Crippen molar-refractivity contribution in [3.05, 3.63) is 42.2 Å². The molecular formula is C22H25N7O2. The van der Waals surface area contributed by atoms with Crippen LogP contribution in [0.4, 0.5) is 10.5 Å². The summed E-state index contributed by atoms with van der Waals surface area (Å²) in [5.41, 5.74) is 3.38. The van der Waals surface area contributed by atoms with E-state index >= 15 is 0 Å². The quantitative estimate of drug-likeness (QED) is 0.687. The SMILES string of the molecule is CC1CN(C(=O)N2Cc3c(-c4noc(C5CC5)n4)ncn3-c3ccccc32)CC(C)N1. The molecule has 3 aliphatic rings. The van der Waals surface area contributed by atoms with Gasteiger partial charge in [0.05, 0.1) is 23.6 Å². The van der Waals surface area contributed by atoms with E-state index in [2.05, 4.69) is 34.3 Å². The van der Waals surface area contributed by atoms with Crippen molar-refractivity contribution in [1.29, 1.82) is 0 Å². The van der Waals surface area contributed by atoms with Crippen LogP contribution in [0.5, 0.6) is 0 Å². The number of rotatable bonds is 2. The molecule has 1 saturated heterocycles. The highest BCUT2D eigenvalue weighted by Gasteiger charge is 2.35. The van der Waals surface area contributed by atoms with Crippen LogP contribution >= 0.6 is 0 Å². The Morgan fingerprint density at radius 2 is 1.87 bits per heavy atom. The maximum atomic E-state index is 13.6. The molecule has 1 aliphatic carbocycles. The van der Waals surface area contributed by atoms with E-state index in [4.69, 9.17) is 4.52 Å². The number of imidazole rings is 1. The fourth-order valence-corrected chi connectivity index (χ4v) is 4.70. The third-order valence-electron chi connectivity index (χ3n) is 6.25. The largest absolute Gasteiger partial charge is 0.339 e. The molecule has 2 aromatic heterocycles. The van der Waals surface area contributed by atoms with E-state index in [1.165, 1.54) is 0 Å². The lowest BCUT2D eigenvalue weighted by atomic mass is 10.1. The van der Waals surface area contributed by atoms with Crippen molar-refractivity contribution >= 4 is 11.7 Å². The molecule has 0 bridgehead atoms. The molecule has 2 atom stereocenters. The van der Waals surface area contributed by atoms with Crippen LogP contribution in [0.15, 0.2) is 35.1 Å². The summed E-state index contributed by atoms with van der Waals surface area (Å²) < 4.78 is 7.49. The number of para-hydroxylation sites is 2. The fourth-order valence-electron chi connectivity index (χ4n) is 4.70. The molecule has 6 rings (SSSR count). The van der Waals surface area contributed by atoms with Gasteiger partial charge < -0.3 is 14.7 Å². The summed E-state index contributed by atoms with van der Waals surface area (Å²) in [6.07, 6.45) is 3.98. The van der Waals surface area contributed by atoms with Crippen LogP contribution in [0, 0.1) is 0 Å². The molecule has 2 unspecified atom stereocenters. The van der Waals surface area contributed by atoms with Gasteiger partial charge in [-0.25, -0.2) is 9.78 Å². The van der Waals surface area contributed by atoms with Crippen LogP contribution in [0.2, 0.25) is 0 Å². The van der Waals surface area contributed by atoms with E-state index in [9.17, 15) is 4.79 Å². The zero-order chi connectivity index (χ0) is 21.1. The molecule has 0 spiro atoms. The van der Waals surface area contributed by atoms with Gasteiger partial charge in [0.15, 0.2) is 0 Å². The molecule has 1 N–H and O–H groups in total.